The van der Waals surface area contributed by atoms with Crippen molar-refractivity contribution in [2.75, 3.05) is 32.8 Å². The van der Waals surface area contributed by atoms with Crippen LogP contribution in [0.15, 0.2) is 33.4 Å². The summed E-state index contributed by atoms with van der Waals surface area (Å²) in [6, 6.07) is 4.72. The highest BCUT2D eigenvalue weighted by molar-refractivity contribution is 6.31. The van der Waals surface area contributed by atoms with E-state index in [1.807, 2.05) is 25.1 Å². The molecule has 0 spiro atoms. The summed E-state index contributed by atoms with van der Waals surface area (Å²) in [4.78, 5) is 17.1. The van der Waals surface area contributed by atoms with E-state index in [0.717, 1.165) is 30.4 Å². The number of aliphatic imine (C=N–C) groups is 1. The molecule has 0 saturated carbocycles. The molecule has 0 aliphatic carbocycles. The van der Waals surface area contributed by atoms with Crippen molar-refractivity contribution in [2.45, 2.75) is 45.7 Å². The standard InChI is InChI=1S/C20H31ClN6O2/c1-3-4-5-8-24-25-18(20(28)26-27-9-11-29-12-10-27)19(22)23-14-16-6-7-17(21)15(2)13-16/h6-7,13,18H,3-5,8-12,14H2,1-2H3,(H2,22,23)(H,26,28)/b25-24+. The van der Waals surface area contributed by atoms with Crippen LogP contribution in [0.1, 0.15) is 37.3 Å². The molecule has 1 saturated heterocycles. The highest BCUT2D eigenvalue weighted by Crippen LogP contribution is 2.16. The first kappa shape index (κ1) is 23.3. The molecule has 0 bridgehead atoms. The average Bonchev–Trinajstić information content (AvgIpc) is 2.72. The van der Waals surface area contributed by atoms with Gasteiger partial charge in [0.1, 0.15) is 5.84 Å². The fourth-order valence-electron chi connectivity index (χ4n) is 2.78. The van der Waals surface area contributed by atoms with Crippen molar-refractivity contribution >= 4 is 23.3 Å². The summed E-state index contributed by atoms with van der Waals surface area (Å²) in [5.74, 6) is -0.192. The van der Waals surface area contributed by atoms with Gasteiger partial charge in [-0.05, 0) is 30.5 Å². The number of hydrogen-bond donors (Lipinski definition) is 2. The molecule has 1 amide bonds. The van der Waals surface area contributed by atoms with Crippen molar-refractivity contribution in [1.29, 1.82) is 0 Å². The molecule has 1 aliphatic rings. The lowest BCUT2D eigenvalue weighted by atomic mass is 10.1. The van der Waals surface area contributed by atoms with Crippen LogP contribution in [0.25, 0.3) is 0 Å². The van der Waals surface area contributed by atoms with Crippen molar-refractivity contribution in [2.24, 2.45) is 21.0 Å². The number of rotatable bonds is 10. The van der Waals surface area contributed by atoms with Crippen LogP contribution < -0.4 is 11.2 Å². The summed E-state index contributed by atoms with van der Waals surface area (Å²) in [6.07, 6.45) is 3.10. The van der Waals surface area contributed by atoms with E-state index in [4.69, 9.17) is 22.1 Å². The van der Waals surface area contributed by atoms with E-state index in [9.17, 15) is 4.79 Å². The normalized spacial score (nSPS) is 16.9. The van der Waals surface area contributed by atoms with Crippen LogP contribution in [0, 0.1) is 6.92 Å². The van der Waals surface area contributed by atoms with E-state index in [2.05, 4.69) is 27.6 Å². The zero-order valence-corrected chi connectivity index (χ0v) is 18.0. The number of halogens is 1. The van der Waals surface area contributed by atoms with Crippen molar-refractivity contribution < 1.29 is 9.53 Å². The van der Waals surface area contributed by atoms with Gasteiger partial charge in [-0.3, -0.25) is 15.2 Å². The number of carbonyl (C=O) groups excluding carboxylic acids is 1. The summed E-state index contributed by atoms with van der Waals surface area (Å²) < 4.78 is 5.30. The number of nitrogens with zero attached hydrogens (tertiary/aromatic N) is 4. The van der Waals surface area contributed by atoms with Gasteiger partial charge in [0.15, 0.2) is 0 Å². The maximum atomic E-state index is 12.8. The molecule has 1 heterocycles. The Bertz CT molecular complexity index is 719. The molecule has 1 fully saturated rings. The van der Waals surface area contributed by atoms with E-state index in [-0.39, 0.29) is 11.7 Å². The Balaban J connectivity index is 2.06. The van der Waals surface area contributed by atoms with Crippen LogP contribution in [-0.4, -0.2) is 55.6 Å². The molecule has 0 radical (unpaired) electrons. The third-order valence-electron chi connectivity index (χ3n) is 4.53. The quantitative estimate of drug-likeness (QED) is 0.262. The summed E-state index contributed by atoms with van der Waals surface area (Å²) in [5, 5.41) is 10.9. The Morgan fingerprint density at radius 1 is 1.34 bits per heavy atom. The van der Waals surface area contributed by atoms with Crippen LogP contribution in [0.2, 0.25) is 5.02 Å². The minimum atomic E-state index is -0.951. The Hall–Kier alpha value is -2.03. The molecule has 1 aromatic carbocycles. The Labute approximate surface area is 177 Å². The van der Waals surface area contributed by atoms with Crippen LogP contribution in [0.5, 0.6) is 0 Å². The molecule has 1 unspecified atom stereocenters. The first-order chi connectivity index (χ1) is 14.0. The SMILES string of the molecule is CCCCC/N=N/C(C(=O)NN1CCOCC1)/C(N)=N/Cc1ccc(Cl)c(C)c1. The first-order valence-electron chi connectivity index (χ1n) is 10.1. The number of hydrogen-bond acceptors (Lipinski definition) is 6. The number of aryl methyl sites for hydroxylation is 1. The molecule has 2 rings (SSSR count). The van der Waals surface area contributed by atoms with Gasteiger partial charge >= 0.3 is 0 Å². The predicted molar refractivity (Wildman–Crippen MR) is 115 cm³/mol. The van der Waals surface area contributed by atoms with Crippen LogP contribution in [0.4, 0.5) is 0 Å². The number of nitrogens with one attached hydrogen (secondary N) is 1. The van der Waals surface area contributed by atoms with Crippen molar-refractivity contribution in [3.05, 3.63) is 34.3 Å². The van der Waals surface area contributed by atoms with E-state index in [1.54, 1.807) is 5.01 Å². The van der Waals surface area contributed by atoms with Gasteiger partial charge in [0.25, 0.3) is 5.91 Å². The zero-order chi connectivity index (χ0) is 21.1. The monoisotopic (exact) mass is 422 g/mol. The minimum absolute atomic E-state index is 0.141. The van der Waals surface area contributed by atoms with Gasteiger partial charge in [-0.15, -0.1) is 0 Å². The maximum Gasteiger partial charge on any atom is 0.268 e. The second kappa shape index (κ2) is 12.5. The number of amidine groups is 1. The number of ether oxygens (including phenoxy) is 1. The van der Waals surface area contributed by atoms with Gasteiger partial charge in [-0.25, -0.2) is 5.01 Å². The Morgan fingerprint density at radius 2 is 2.10 bits per heavy atom. The Kier molecular flexibility index (Phi) is 10.0. The average molecular weight is 423 g/mol. The minimum Gasteiger partial charge on any atom is -0.385 e. The molecular weight excluding hydrogens is 392 g/mol. The smallest absolute Gasteiger partial charge is 0.268 e. The number of azo groups is 1. The molecule has 9 heteroatoms. The van der Waals surface area contributed by atoms with E-state index >= 15 is 0 Å². The van der Waals surface area contributed by atoms with Crippen LogP contribution in [0.3, 0.4) is 0 Å². The molecule has 1 aromatic rings. The number of morpholine rings is 1. The lowest BCUT2D eigenvalue weighted by Gasteiger charge is -2.27. The van der Waals surface area contributed by atoms with Crippen molar-refractivity contribution in [3.8, 4) is 0 Å². The fraction of sp³-hybridized carbons (Fsp3) is 0.600. The zero-order valence-electron chi connectivity index (χ0n) is 17.2. The van der Waals surface area contributed by atoms with E-state index < -0.39 is 6.04 Å². The van der Waals surface area contributed by atoms with Crippen molar-refractivity contribution in [3.63, 3.8) is 0 Å². The number of amides is 1. The lowest BCUT2D eigenvalue weighted by Crippen LogP contribution is -2.53. The van der Waals surface area contributed by atoms with E-state index in [1.165, 1.54) is 0 Å². The molecule has 160 valence electrons. The van der Waals surface area contributed by atoms with Crippen LogP contribution >= 0.6 is 11.6 Å². The molecule has 3 N–H and O–H groups in total. The number of unbranched alkanes of at least 4 members (excludes halogenated alkanes) is 2. The topological polar surface area (TPSA) is 105 Å². The number of carbonyl (C=O) groups is 1. The van der Waals surface area contributed by atoms with Gasteiger partial charge in [0.05, 0.1) is 26.3 Å². The predicted octanol–water partition coefficient (Wildman–Crippen LogP) is 2.88. The largest absolute Gasteiger partial charge is 0.385 e. The molecule has 1 atom stereocenters. The number of nitrogens with two attached hydrogens (primary N) is 1. The van der Waals surface area contributed by atoms with Crippen LogP contribution in [-0.2, 0) is 16.1 Å². The van der Waals surface area contributed by atoms with Gasteiger partial charge < -0.3 is 10.5 Å². The molecule has 8 nitrogen and oxygen atoms in total. The third kappa shape index (κ3) is 8.08. The van der Waals surface area contributed by atoms with Gasteiger partial charge in [-0.2, -0.15) is 10.2 Å². The fourth-order valence-corrected chi connectivity index (χ4v) is 2.90. The summed E-state index contributed by atoms with van der Waals surface area (Å²) in [6.45, 7) is 7.35. The van der Waals surface area contributed by atoms with Gasteiger partial charge in [0, 0.05) is 18.1 Å². The second-order valence-corrected chi connectivity index (χ2v) is 7.40. The summed E-state index contributed by atoms with van der Waals surface area (Å²) >= 11 is 6.07. The molecule has 1 aliphatic heterocycles. The molecule has 0 aromatic heterocycles. The summed E-state index contributed by atoms with van der Waals surface area (Å²) in [7, 11) is 0. The van der Waals surface area contributed by atoms with Gasteiger partial charge in [0.2, 0.25) is 6.04 Å². The van der Waals surface area contributed by atoms with Gasteiger partial charge in [-0.1, -0.05) is 43.5 Å². The third-order valence-corrected chi connectivity index (χ3v) is 4.96. The summed E-state index contributed by atoms with van der Waals surface area (Å²) in [5.41, 5.74) is 10.9. The number of benzene rings is 1. The highest BCUT2D eigenvalue weighted by Gasteiger charge is 2.25. The highest BCUT2D eigenvalue weighted by atomic mass is 35.5. The lowest BCUT2D eigenvalue weighted by molar-refractivity contribution is -0.127. The van der Waals surface area contributed by atoms with Crippen molar-refractivity contribution in [1.82, 2.24) is 10.4 Å². The number of hydrazine groups is 1. The molecule has 29 heavy (non-hydrogen) atoms. The van der Waals surface area contributed by atoms with E-state index in [0.29, 0.717) is 44.4 Å². The Morgan fingerprint density at radius 3 is 2.79 bits per heavy atom. The maximum absolute atomic E-state index is 12.8. The molecular formula is C20H31ClN6O2. The second-order valence-electron chi connectivity index (χ2n) is 6.99. The first-order valence-corrected chi connectivity index (χ1v) is 10.4.